The van der Waals surface area contributed by atoms with Gasteiger partial charge in [-0.15, -0.1) is 0 Å². The number of carbonyl (C=O) groups is 1. The Morgan fingerprint density at radius 1 is 1.45 bits per heavy atom. The quantitative estimate of drug-likeness (QED) is 0.313. The standard InChI is InChI=1S/C18H26FN6O7P/c1-4-11(26)29-7-6-22-33(27)30-8-10-13(32-33)18(3,19)16(31-10)25-9-21-12-14(25)23-17(20)24-15(12)28-5-2/h9-10,13,16H,4-8H2,1-3H3,(H,22,27)(H2,20,23,24)/t10-,13-,16-,18-,33?/m1/s1. The molecule has 33 heavy (non-hydrogen) atoms. The monoisotopic (exact) mass is 488 g/mol. The van der Waals surface area contributed by atoms with E-state index in [1.807, 2.05) is 0 Å². The van der Waals surface area contributed by atoms with Crippen molar-refractivity contribution in [3.05, 3.63) is 6.33 Å². The molecule has 4 heterocycles. The second-order valence-electron chi connectivity index (χ2n) is 7.62. The predicted octanol–water partition coefficient (Wildman–Crippen LogP) is 1.50. The van der Waals surface area contributed by atoms with Crippen LogP contribution in [0.15, 0.2) is 6.33 Å². The minimum Gasteiger partial charge on any atom is -0.476 e. The summed E-state index contributed by atoms with van der Waals surface area (Å²) in [5.41, 5.74) is 4.17. The van der Waals surface area contributed by atoms with Gasteiger partial charge in [-0.1, -0.05) is 6.92 Å². The third-order valence-electron chi connectivity index (χ3n) is 5.24. The number of nitrogens with two attached hydrogens (primary N) is 1. The Hall–Kier alpha value is -2.38. The summed E-state index contributed by atoms with van der Waals surface area (Å²) in [6.45, 7) is 4.85. The fourth-order valence-corrected chi connectivity index (χ4v) is 5.28. The van der Waals surface area contributed by atoms with E-state index < -0.39 is 37.8 Å². The smallest absolute Gasteiger partial charge is 0.406 e. The van der Waals surface area contributed by atoms with Gasteiger partial charge in [0.1, 0.15) is 18.8 Å². The first kappa shape index (κ1) is 23.8. The minimum atomic E-state index is -3.86. The highest BCUT2D eigenvalue weighted by Gasteiger charge is 2.61. The van der Waals surface area contributed by atoms with Gasteiger partial charge in [-0.05, 0) is 13.8 Å². The highest BCUT2D eigenvalue weighted by molar-refractivity contribution is 7.51. The number of anilines is 1. The summed E-state index contributed by atoms with van der Waals surface area (Å²) in [6.07, 6.45) is -1.70. The molecule has 0 aliphatic carbocycles. The molecule has 0 radical (unpaired) electrons. The Labute approximate surface area is 188 Å². The van der Waals surface area contributed by atoms with Gasteiger partial charge in [0, 0.05) is 13.0 Å². The molecule has 13 nitrogen and oxygen atoms in total. The van der Waals surface area contributed by atoms with Crippen LogP contribution in [-0.2, 0) is 27.9 Å². The Balaban J connectivity index is 1.53. The van der Waals surface area contributed by atoms with Crippen molar-refractivity contribution in [2.45, 2.75) is 51.3 Å². The molecule has 5 atom stereocenters. The maximum Gasteiger partial charge on any atom is 0.406 e. The molecule has 1 unspecified atom stereocenters. The van der Waals surface area contributed by atoms with Crippen LogP contribution in [0.3, 0.4) is 0 Å². The number of carbonyl (C=O) groups excluding carboxylic acids is 1. The van der Waals surface area contributed by atoms with E-state index in [0.717, 1.165) is 0 Å². The van der Waals surface area contributed by atoms with E-state index in [2.05, 4.69) is 20.0 Å². The Morgan fingerprint density at radius 3 is 2.97 bits per heavy atom. The van der Waals surface area contributed by atoms with Gasteiger partial charge in [0.25, 0.3) is 0 Å². The number of nitrogens with one attached hydrogen (secondary N) is 1. The van der Waals surface area contributed by atoms with Gasteiger partial charge in [-0.25, -0.2) is 19.0 Å². The predicted molar refractivity (Wildman–Crippen MR) is 112 cm³/mol. The zero-order valence-electron chi connectivity index (χ0n) is 18.4. The van der Waals surface area contributed by atoms with Crippen LogP contribution < -0.4 is 15.6 Å². The Morgan fingerprint density at radius 2 is 2.24 bits per heavy atom. The first-order valence-corrected chi connectivity index (χ1v) is 12.0. The van der Waals surface area contributed by atoms with Gasteiger partial charge in [0.2, 0.25) is 11.8 Å². The molecule has 0 saturated carbocycles. The second-order valence-corrected chi connectivity index (χ2v) is 9.40. The number of esters is 1. The number of imidazole rings is 1. The summed E-state index contributed by atoms with van der Waals surface area (Å²) in [7, 11) is -3.86. The van der Waals surface area contributed by atoms with Gasteiger partial charge in [-0.3, -0.25) is 18.4 Å². The lowest BCUT2D eigenvalue weighted by molar-refractivity contribution is -0.143. The third kappa shape index (κ3) is 4.53. The molecular formula is C18H26FN6O7P. The van der Waals surface area contributed by atoms with Gasteiger partial charge in [0.05, 0.1) is 19.5 Å². The van der Waals surface area contributed by atoms with Crippen molar-refractivity contribution < 1.29 is 37.0 Å². The maximum atomic E-state index is 16.1. The molecule has 4 rings (SSSR count). The van der Waals surface area contributed by atoms with E-state index in [-0.39, 0.29) is 43.7 Å². The van der Waals surface area contributed by atoms with E-state index in [4.69, 9.17) is 29.0 Å². The van der Waals surface area contributed by atoms with E-state index in [0.29, 0.717) is 12.1 Å². The van der Waals surface area contributed by atoms with Crippen molar-refractivity contribution >= 4 is 30.8 Å². The lowest BCUT2D eigenvalue weighted by Gasteiger charge is -2.34. The van der Waals surface area contributed by atoms with Crippen molar-refractivity contribution in [1.82, 2.24) is 24.6 Å². The summed E-state index contributed by atoms with van der Waals surface area (Å²) in [5.74, 6) is -0.291. The fourth-order valence-electron chi connectivity index (χ4n) is 3.71. The number of hydrogen-bond donors (Lipinski definition) is 2. The Bertz CT molecular complexity index is 1080. The van der Waals surface area contributed by atoms with Crippen molar-refractivity contribution in [2.75, 3.05) is 32.1 Å². The number of nitrogens with zero attached hydrogens (tertiary/aromatic N) is 4. The number of ether oxygens (including phenoxy) is 3. The molecule has 15 heteroatoms. The van der Waals surface area contributed by atoms with Crippen LogP contribution in [0.2, 0.25) is 0 Å². The molecule has 0 aromatic carbocycles. The summed E-state index contributed by atoms with van der Waals surface area (Å²) in [6, 6.07) is 0. The van der Waals surface area contributed by atoms with Crippen LogP contribution in [0.25, 0.3) is 11.2 Å². The molecule has 2 aromatic rings. The molecular weight excluding hydrogens is 462 g/mol. The number of alkyl halides is 1. The van der Waals surface area contributed by atoms with Crippen LogP contribution in [0.4, 0.5) is 10.3 Å². The van der Waals surface area contributed by atoms with E-state index >= 15 is 4.39 Å². The summed E-state index contributed by atoms with van der Waals surface area (Å²) in [5, 5.41) is 2.57. The zero-order valence-corrected chi connectivity index (χ0v) is 19.3. The van der Waals surface area contributed by atoms with Crippen LogP contribution >= 0.6 is 7.75 Å². The largest absolute Gasteiger partial charge is 0.476 e. The SMILES string of the molecule is CCOc1nc(N)nc2c1ncn2[C@@H]1O[C@@H]2COP(=O)(NCCOC(=O)CC)O[C@H]2[C@@]1(C)F. The van der Waals surface area contributed by atoms with Crippen LogP contribution in [0, 0.1) is 0 Å². The fraction of sp³-hybridized carbons (Fsp3) is 0.667. The molecule has 182 valence electrons. The van der Waals surface area contributed by atoms with Crippen LogP contribution in [-0.4, -0.2) is 69.7 Å². The van der Waals surface area contributed by atoms with Crippen molar-refractivity contribution in [2.24, 2.45) is 0 Å². The highest BCUT2D eigenvalue weighted by Crippen LogP contribution is 2.56. The molecule has 2 aromatic heterocycles. The average Bonchev–Trinajstić information content (AvgIpc) is 3.29. The lowest BCUT2D eigenvalue weighted by atomic mass is 9.98. The number of aromatic nitrogens is 4. The summed E-state index contributed by atoms with van der Waals surface area (Å²) >= 11 is 0. The van der Waals surface area contributed by atoms with Gasteiger partial charge in [-0.2, -0.15) is 9.97 Å². The number of nitrogen functional groups attached to an aromatic ring is 1. The van der Waals surface area contributed by atoms with Crippen molar-refractivity contribution in [3.63, 3.8) is 0 Å². The molecule has 0 bridgehead atoms. The molecule has 2 aliphatic heterocycles. The normalized spacial score (nSPS) is 31.5. The summed E-state index contributed by atoms with van der Waals surface area (Å²) in [4.78, 5) is 23.6. The zero-order chi connectivity index (χ0) is 23.8. The van der Waals surface area contributed by atoms with E-state index in [1.54, 1.807) is 13.8 Å². The van der Waals surface area contributed by atoms with Crippen molar-refractivity contribution in [3.8, 4) is 5.88 Å². The molecule has 2 saturated heterocycles. The molecule has 0 amide bonds. The van der Waals surface area contributed by atoms with Crippen LogP contribution in [0.1, 0.15) is 33.4 Å². The lowest BCUT2D eigenvalue weighted by Crippen LogP contribution is -2.46. The van der Waals surface area contributed by atoms with Crippen molar-refractivity contribution in [1.29, 1.82) is 0 Å². The van der Waals surface area contributed by atoms with Gasteiger partial charge in [0.15, 0.2) is 23.1 Å². The molecule has 0 spiro atoms. The minimum absolute atomic E-state index is 0.0102. The van der Waals surface area contributed by atoms with Crippen LogP contribution in [0.5, 0.6) is 5.88 Å². The number of halogens is 1. The average molecular weight is 488 g/mol. The molecule has 3 N–H and O–H groups in total. The summed E-state index contributed by atoms with van der Waals surface area (Å²) < 4.78 is 57.5. The number of rotatable bonds is 8. The van der Waals surface area contributed by atoms with Gasteiger partial charge < -0.3 is 19.9 Å². The number of fused-ring (bicyclic) bond motifs is 2. The van der Waals surface area contributed by atoms with E-state index in [9.17, 15) is 9.36 Å². The first-order valence-electron chi connectivity index (χ1n) is 10.5. The first-order chi connectivity index (χ1) is 15.7. The topological polar surface area (TPSA) is 162 Å². The second kappa shape index (κ2) is 9.11. The van der Waals surface area contributed by atoms with E-state index in [1.165, 1.54) is 17.8 Å². The molecule has 2 aliphatic rings. The Kier molecular flexibility index (Phi) is 6.56. The van der Waals surface area contributed by atoms with Gasteiger partial charge >= 0.3 is 13.7 Å². The maximum absolute atomic E-state index is 16.1. The molecule has 2 fully saturated rings. The third-order valence-corrected chi connectivity index (χ3v) is 6.85. The number of hydrogen-bond acceptors (Lipinski definition) is 11. The highest BCUT2D eigenvalue weighted by atomic mass is 31.2.